The van der Waals surface area contributed by atoms with Crippen molar-refractivity contribution in [2.45, 2.75) is 24.7 Å². The van der Waals surface area contributed by atoms with E-state index in [9.17, 15) is 9.59 Å². The minimum atomic E-state index is -0.887. The second-order valence-electron chi connectivity index (χ2n) is 7.50. The maximum Gasteiger partial charge on any atom is 0.303 e. The van der Waals surface area contributed by atoms with Crippen LogP contribution in [-0.4, -0.2) is 48.3 Å². The lowest BCUT2D eigenvalue weighted by Crippen LogP contribution is -2.29. The number of hydrogen-bond acceptors (Lipinski definition) is 6. The molecule has 1 aliphatic rings. The van der Waals surface area contributed by atoms with Gasteiger partial charge in [-0.25, -0.2) is 4.68 Å². The first-order valence-electron chi connectivity index (χ1n) is 10.8. The standard InChI is InChI=1S/C25H23N3O3S3/c1-2-33-20-12-10-17(11-13-20)23-18(16-28(26-23)19-7-4-3-5-8-19)15-21-24(31)27(25(32)34-21)14-6-9-22(29)30/h3-5,7-8,10-13,15-16H,2,6,9,14H2,1H3,(H,29,30)/b21-15-. The summed E-state index contributed by atoms with van der Waals surface area (Å²) in [6, 6.07) is 18.1. The molecule has 1 N–H and O–H groups in total. The molecule has 1 fully saturated rings. The van der Waals surface area contributed by atoms with Gasteiger partial charge in [-0.1, -0.05) is 61.2 Å². The molecule has 0 radical (unpaired) electrons. The van der Waals surface area contributed by atoms with E-state index in [0.29, 0.717) is 22.2 Å². The molecule has 0 unspecified atom stereocenters. The van der Waals surface area contributed by atoms with Crippen LogP contribution in [0.3, 0.4) is 0 Å². The number of amides is 1. The Kier molecular flexibility index (Phi) is 7.87. The quantitative estimate of drug-likeness (QED) is 0.225. The summed E-state index contributed by atoms with van der Waals surface area (Å²) < 4.78 is 2.25. The van der Waals surface area contributed by atoms with E-state index in [4.69, 9.17) is 22.4 Å². The monoisotopic (exact) mass is 509 g/mol. The van der Waals surface area contributed by atoms with Gasteiger partial charge in [0.25, 0.3) is 5.91 Å². The smallest absolute Gasteiger partial charge is 0.303 e. The zero-order valence-corrected chi connectivity index (χ0v) is 21.0. The molecule has 9 heteroatoms. The summed E-state index contributed by atoms with van der Waals surface area (Å²) in [6.07, 6.45) is 4.09. The number of aromatic nitrogens is 2. The number of carboxylic acid groups (broad SMARTS) is 1. The van der Waals surface area contributed by atoms with Crippen molar-refractivity contribution in [2.75, 3.05) is 12.3 Å². The Morgan fingerprint density at radius 1 is 1.18 bits per heavy atom. The molecule has 6 nitrogen and oxygen atoms in total. The SMILES string of the molecule is CCSc1ccc(-c2nn(-c3ccccc3)cc2/C=C2\SC(=S)N(CCCC(=O)O)C2=O)cc1. The van der Waals surface area contributed by atoms with Crippen LogP contribution in [0.1, 0.15) is 25.3 Å². The predicted octanol–water partition coefficient (Wildman–Crippen LogP) is 5.72. The van der Waals surface area contributed by atoms with Crippen molar-refractivity contribution < 1.29 is 14.7 Å². The highest BCUT2D eigenvalue weighted by Gasteiger charge is 2.32. The molecule has 1 aliphatic heterocycles. The van der Waals surface area contributed by atoms with Crippen LogP contribution in [0.15, 0.2) is 70.6 Å². The first-order chi connectivity index (χ1) is 16.5. The number of hydrogen-bond donors (Lipinski definition) is 1. The lowest BCUT2D eigenvalue weighted by atomic mass is 10.1. The van der Waals surface area contributed by atoms with Crippen LogP contribution in [0, 0.1) is 0 Å². The molecule has 1 amide bonds. The van der Waals surface area contributed by atoms with Crippen molar-refractivity contribution in [1.82, 2.24) is 14.7 Å². The van der Waals surface area contributed by atoms with Gasteiger partial charge in [-0.2, -0.15) is 5.10 Å². The van der Waals surface area contributed by atoms with E-state index in [1.54, 1.807) is 11.8 Å². The summed E-state index contributed by atoms with van der Waals surface area (Å²) >= 11 is 8.41. The summed E-state index contributed by atoms with van der Waals surface area (Å²) in [7, 11) is 0. The highest BCUT2D eigenvalue weighted by Crippen LogP contribution is 2.35. The van der Waals surface area contributed by atoms with Crippen molar-refractivity contribution in [3.05, 3.63) is 71.3 Å². The van der Waals surface area contributed by atoms with Gasteiger partial charge in [0.2, 0.25) is 0 Å². The molecule has 2 aromatic carbocycles. The topological polar surface area (TPSA) is 75.4 Å². The minimum absolute atomic E-state index is 0.00356. The van der Waals surface area contributed by atoms with E-state index in [2.05, 4.69) is 19.1 Å². The van der Waals surface area contributed by atoms with Crippen LogP contribution < -0.4 is 0 Å². The van der Waals surface area contributed by atoms with E-state index >= 15 is 0 Å². The van der Waals surface area contributed by atoms with E-state index in [1.165, 1.54) is 21.6 Å². The van der Waals surface area contributed by atoms with Gasteiger partial charge in [0, 0.05) is 35.2 Å². The number of thioether (sulfide) groups is 2. The summed E-state index contributed by atoms with van der Waals surface area (Å²) in [5.74, 6) is -0.0857. The minimum Gasteiger partial charge on any atom is -0.481 e. The molecule has 2 heterocycles. The van der Waals surface area contributed by atoms with Gasteiger partial charge in [-0.05, 0) is 42.5 Å². The van der Waals surface area contributed by atoms with Crippen LogP contribution in [0.5, 0.6) is 0 Å². The number of aliphatic carboxylic acids is 1. The van der Waals surface area contributed by atoms with Crippen molar-refractivity contribution >= 4 is 58.0 Å². The Hall–Kier alpha value is -2.88. The van der Waals surface area contributed by atoms with Crippen molar-refractivity contribution in [1.29, 1.82) is 0 Å². The van der Waals surface area contributed by atoms with Crippen LogP contribution >= 0.6 is 35.7 Å². The number of para-hydroxylation sites is 1. The summed E-state index contributed by atoms with van der Waals surface area (Å²) in [5.41, 5.74) is 3.46. The molecule has 174 valence electrons. The Morgan fingerprint density at radius 2 is 1.91 bits per heavy atom. The zero-order valence-electron chi connectivity index (χ0n) is 18.5. The normalized spacial score (nSPS) is 14.9. The molecule has 0 spiro atoms. The molecule has 0 atom stereocenters. The van der Waals surface area contributed by atoms with E-state index in [1.807, 2.05) is 59.4 Å². The fourth-order valence-electron chi connectivity index (χ4n) is 3.53. The Morgan fingerprint density at radius 3 is 2.59 bits per heavy atom. The van der Waals surface area contributed by atoms with Crippen molar-refractivity contribution in [2.24, 2.45) is 0 Å². The first kappa shape index (κ1) is 24.3. The lowest BCUT2D eigenvalue weighted by Gasteiger charge is -2.13. The first-order valence-corrected chi connectivity index (χ1v) is 13.0. The highest BCUT2D eigenvalue weighted by atomic mass is 32.2. The van der Waals surface area contributed by atoms with Crippen LogP contribution in [0.4, 0.5) is 0 Å². The van der Waals surface area contributed by atoms with Gasteiger partial charge in [-0.15, -0.1) is 11.8 Å². The predicted molar refractivity (Wildman–Crippen MR) is 142 cm³/mol. The third-order valence-electron chi connectivity index (χ3n) is 5.13. The maximum absolute atomic E-state index is 13.0. The Bertz CT molecular complexity index is 1240. The van der Waals surface area contributed by atoms with Crippen molar-refractivity contribution in [3.63, 3.8) is 0 Å². The second-order valence-corrected chi connectivity index (χ2v) is 10.5. The van der Waals surface area contributed by atoms with Crippen LogP contribution in [0.2, 0.25) is 0 Å². The maximum atomic E-state index is 13.0. The van der Waals surface area contributed by atoms with Gasteiger partial charge in [-0.3, -0.25) is 14.5 Å². The number of carboxylic acids is 1. The van der Waals surface area contributed by atoms with Gasteiger partial charge in [0.1, 0.15) is 4.32 Å². The number of thiocarbonyl (C=S) groups is 1. The number of carbonyl (C=O) groups is 2. The number of benzene rings is 2. The zero-order chi connectivity index (χ0) is 24.1. The lowest BCUT2D eigenvalue weighted by molar-refractivity contribution is -0.137. The molecule has 1 saturated heterocycles. The number of carbonyl (C=O) groups excluding carboxylic acids is 1. The van der Waals surface area contributed by atoms with Gasteiger partial charge < -0.3 is 5.11 Å². The fourth-order valence-corrected chi connectivity index (χ4v) is 5.49. The van der Waals surface area contributed by atoms with Gasteiger partial charge in [0.15, 0.2) is 0 Å². The third kappa shape index (κ3) is 5.60. The third-order valence-corrected chi connectivity index (χ3v) is 7.41. The van der Waals surface area contributed by atoms with Crippen LogP contribution in [-0.2, 0) is 9.59 Å². The summed E-state index contributed by atoms with van der Waals surface area (Å²) in [6.45, 7) is 2.41. The largest absolute Gasteiger partial charge is 0.481 e. The fraction of sp³-hybridized carbons (Fsp3) is 0.200. The van der Waals surface area contributed by atoms with Gasteiger partial charge >= 0.3 is 5.97 Å². The summed E-state index contributed by atoms with van der Waals surface area (Å²) in [4.78, 5) is 27.0. The highest BCUT2D eigenvalue weighted by molar-refractivity contribution is 8.26. The molecular formula is C25H23N3O3S3. The Balaban J connectivity index is 1.68. The van der Waals surface area contributed by atoms with E-state index in [-0.39, 0.29) is 12.3 Å². The van der Waals surface area contributed by atoms with E-state index in [0.717, 1.165) is 28.3 Å². The van der Waals surface area contributed by atoms with Crippen LogP contribution in [0.25, 0.3) is 23.0 Å². The van der Waals surface area contributed by atoms with Crippen molar-refractivity contribution in [3.8, 4) is 16.9 Å². The van der Waals surface area contributed by atoms with Gasteiger partial charge in [0.05, 0.1) is 16.3 Å². The number of rotatable bonds is 9. The van der Waals surface area contributed by atoms with E-state index < -0.39 is 5.97 Å². The molecule has 0 saturated carbocycles. The average molecular weight is 510 g/mol. The molecule has 0 bridgehead atoms. The second kappa shape index (κ2) is 11.0. The average Bonchev–Trinajstić information content (AvgIpc) is 3.36. The molecule has 3 aromatic rings. The molecular weight excluding hydrogens is 486 g/mol. The summed E-state index contributed by atoms with van der Waals surface area (Å²) in [5, 5.41) is 13.7. The molecule has 0 aliphatic carbocycles. The Labute approximate surface area is 212 Å². The molecule has 34 heavy (non-hydrogen) atoms. The molecule has 4 rings (SSSR count). The number of nitrogens with zero attached hydrogens (tertiary/aromatic N) is 3. The molecule has 1 aromatic heterocycles.